The number of hydrogen-bond acceptors (Lipinski definition) is 2. The van der Waals surface area contributed by atoms with Crippen LogP contribution in [0.2, 0.25) is 5.02 Å². The van der Waals surface area contributed by atoms with Gasteiger partial charge in [-0.1, -0.05) is 11.6 Å². The number of benzene rings is 1. The van der Waals surface area contributed by atoms with Crippen LogP contribution in [0.15, 0.2) is 24.3 Å². The van der Waals surface area contributed by atoms with Gasteiger partial charge in [-0.05, 0) is 43.5 Å². The second-order valence-corrected chi connectivity index (χ2v) is 6.87. The van der Waals surface area contributed by atoms with Gasteiger partial charge in [0.15, 0.2) is 0 Å². The molecule has 2 aromatic rings. The molecule has 1 saturated carbocycles. The molecule has 120 valence electrons. The zero-order valence-corrected chi connectivity index (χ0v) is 13.4. The Morgan fingerprint density at radius 2 is 2.04 bits per heavy atom. The molecule has 0 radical (unpaired) electrons. The van der Waals surface area contributed by atoms with Gasteiger partial charge in [0, 0.05) is 41.0 Å². The highest BCUT2D eigenvalue weighted by atomic mass is 35.5. The van der Waals surface area contributed by atoms with Crippen LogP contribution in [0.1, 0.15) is 29.8 Å². The van der Waals surface area contributed by atoms with E-state index in [2.05, 4.69) is 10.3 Å². The first-order valence-corrected chi connectivity index (χ1v) is 8.36. The number of nitrogens with zero attached hydrogens (tertiary/aromatic N) is 1. The van der Waals surface area contributed by atoms with E-state index in [0.717, 1.165) is 30.2 Å². The molecule has 2 N–H and O–H groups in total. The van der Waals surface area contributed by atoms with Gasteiger partial charge < -0.3 is 15.2 Å². The van der Waals surface area contributed by atoms with Crippen LogP contribution < -0.4 is 5.32 Å². The number of H-pyrrole nitrogens is 1. The normalized spacial score (nSPS) is 20.9. The lowest BCUT2D eigenvalue weighted by atomic mass is 10.2. The number of rotatable bonds is 3. The maximum absolute atomic E-state index is 12.6. The molecule has 1 atom stereocenters. The molecule has 2 amide bonds. The average Bonchev–Trinajstić information content (AvgIpc) is 3.15. The number of nitrogens with one attached hydrogen (secondary N) is 2. The van der Waals surface area contributed by atoms with Gasteiger partial charge in [-0.3, -0.25) is 9.59 Å². The summed E-state index contributed by atoms with van der Waals surface area (Å²) >= 11 is 5.98. The largest absolute Gasteiger partial charge is 0.351 e. The van der Waals surface area contributed by atoms with Crippen LogP contribution in [-0.4, -0.2) is 40.8 Å². The van der Waals surface area contributed by atoms with Gasteiger partial charge in [0.1, 0.15) is 5.69 Å². The molecule has 23 heavy (non-hydrogen) atoms. The third-order valence-electron chi connectivity index (χ3n) is 4.58. The first-order chi connectivity index (χ1) is 11.1. The van der Waals surface area contributed by atoms with Crippen LogP contribution in [0.3, 0.4) is 0 Å². The molecule has 1 aliphatic heterocycles. The second-order valence-electron chi connectivity index (χ2n) is 6.43. The summed E-state index contributed by atoms with van der Waals surface area (Å²) in [6.07, 6.45) is 2.81. The zero-order chi connectivity index (χ0) is 16.0. The molecular formula is C17H18ClN3O2. The summed E-state index contributed by atoms with van der Waals surface area (Å²) in [7, 11) is 0. The molecule has 5 nitrogen and oxygen atoms in total. The van der Waals surface area contributed by atoms with Gasteiger partial charge in [-0.2, -0.15) is 0 Å². The number of likely N-dealkylation sites (tertiary alicyclic amines) is 1. The monoisotopic (exact) mass is 331 g/mol. The van der Waals surface area contributed by atoms with Crippen molar-refractivity contribution in [3.63, 3.8) is 0 Å². The van der Waals surface area contributed by atoms with E-state index >= 15 is 0 Å². The van der Waals surface area contributed by atoms with Crippen molar-refractivity contribution in [2.75, 3.05) is 13.1 Å². The Labute approximate surface area is 139 Å². The minimum Gasteiger partial charge on any atom is -0.351 e. The van der Waals surface area contributed by atoms with Gasteiger partial charge in [0.25, 0.3) is 5.91 Å². The van der Waals surface area contributed by atoms with Crippen LogP contribution in [-0.2, 0) is 4.79 Å². The summed E-state index contributed by atoms with van der Waals surface area (Å²) in [5.74, 6) is 0.322. The fourth-order valence-corrected chi connectivity index (χ4v) is 3.30. The third kappa shape index (κ3) is 2.93. The van der Waals surface area contributed by atoms with E-state index in [4.69, 9.17) is 11.6 Å². The van der Waals surface area contributed by atoms with Crippen molar-refractivity contribution >= 4 is 34.3 Å². The number of aromatic nitrogens is 1. The summed E-state index contributed by atoms with van der Waals surface area (Å²) in [5.41, 5.74) is 1.46. The molecular weight excluding hydrogens is 314 g/mol. The highest BCUT2D eigenvalue weighted by molar-refractivity contribution is 6.31. The molecule has 0 bridgehead atoms. The minimum atomic E-state index is -0.0273. The Kier molecular flexibility index (Phi) is 3.53. The number of carbonyl (C=O) groups is 2. The fraction of sp³-hybridized carbons (Fsp3) is 0.412. The Morgan fingerprint density at radius 1 is 1.22 bits per heavy atom. The smallest absolute Gasteiger partial charge is 0.270 e. The number of amides is 2. The summed E-state index contributed by atoms with van der Waals surface area (Å²) in [4.78, 5) is 29.4. The highest BCUT2D eigenvalue weighted by Crippen LogP contribution is 2.29. The second kappa shape index (κ2) is 5.57. The van der Waals surface area contributed by atoms with Crippen LogP contribution in [0.25, 0.3) is 10.9 Å². The molecule has 6 heteroatoms. The first kappa shape index (κ1) is 14.6. The third-order valence-corrected chi connectivity index (χ3v) is 4.82. The van der Waals surface area contributed by atoms with E-state index in [9.17, 15) is 9.59 Å². The lowest BCUT2D eigenvalue weighted by molar-refractivity contribution is -0.122. The maximum atomic E-state index is 12.6. The SMILES string of the molecule is O=C(NC1CCN(C(=O)c2cc3cc(Cl)ccc3[nH]2)C1)C1CC1. The van der Waals surface area contributed by atoms with Crippen molar-refractivity contribution in [3.05, 3.63) is 35.0 Å². The Bertz CT molecular complexity index is 781. The highest BCUT2D eigenvalue weighted by Gasteiger charge is 2.34. The molecule has 1 aromatic heterocycles. The quantitative estimate of drug-likeness (QED) is 0.907. The minimum absolute atomic E-state index is 0.0273. The number of hydrogen-bond donors (Lipinski definition) is 2. The van der Waals surface area contributed by atoms with E-state index < -0.39 is 0 Å². The van der Waals surface area contributed by atoms with Gasteiger partial charge in [-0.25, -0.2) is 0 Å². The van der Waals surface area contributed by atoms with E-state index in [1.54, 1.807) is 11.0 Å². The predicted octanol–water partition coefficient (Wildman–Crippen LogP) is 2.56. The summed E-state index contributed by atoms with van der Waals surface area (Å²) in [5, 5.41) is 4.63. The number of fused-ring (bicyclic) bond motifs is 1. The van der Waals surface area contributed by atoms with E-state index in [1.807, 2.05) is 18.2 Å². The first-order valence-electron chi connectivity index (χ1n) is 7.98. The van der Waals surface area contributed by atoms with Crippen molar-refractivity contribution in [2.45, 2.75) is 25.3 Å². The van der Waals surface area contributed by atoms with E-state index in [-0.39, 0.29) is 23.8 Å². The van der Waals surface area contributed by atoms with E-state index in [1.165, 1.54) is 0 Å². The van der Waals surface area contributed by atoms with Gasteiger partial charge >= 0.3 is 0 Å². The Balaban J connectivity index is 1.44. The average molecular weight is 332 g/mol. The van der Waals surface area contributed by atoms with Crippen LogP contribution >= 0.6 is 11.6 Å². The van der Waals surface area contributed by atoms with Crippen molar-refractivity contribution in [1.29, 1.82) is 0 Å². The van der Waals surface area contributed by atoms with Gasteiger partial charge in [0.2, 0.25) is 5.91 Å². The van der Waals surface area contributed by atoms with Crippen molar-refractivity contribution in [3.8, 4) is 0 Å². The van der Waals surface area contributed by atoms with Crippen molar-refractivity contribution in [1.82, 2.24) is 15.2 Å². The van der Waals surface area contributed by atoms with Gasteiger partial charge in [-0.15, -0.1) is 0 Å². The molecule has 1 aliphatic carbocycles. The van der Waals surface area contributed by atoms with Crippen molar-refractivity contribution in [2.24, 2.45) is 5.92 Å². The Hall–Kier alpha value is -2.01. The molecule has 2 aliphatic rings. The molecule has 1 aromatic carbocycles. The number of carbonyl (C=O) groups excluding carboxylic acids is 2. The molecule has 1 saturated heterocycles. The summed E-state index contributed by atoms with van der Waals surface area (Å²) in [6, 6.07) is 7.42. The molecule has 1 unspecified atom stereocenters. The van der Waals surface area contributed by atoms with Crippen LogP contribution in [0, 0.1) is 5.92 Å². The molecule has 2 fully saturated rings. The standard InChI is InChI=1S/C17H18ClN3O2/c18-12-3-4-14-11(7-12)8-15(20-14)17(23)21-6-5-13(9-21)19-16(22)10-1-2-10/h3-4,7-8,10,13,20H,1-2,5-6,9H2,(H,19,22). The number of aromatic amines is 1. The lowest BCUT2D eigenvalue weighted by Crippen LogP contribution is -2.39. The van der Waals surface area contributed by atoms with E-state index in [0.29, 0.717) is 23.8 Å². The van der Waals surface area contributed by atoms with Crippen molar-refractivity contribution < 1.29 is 9.59 Å². The predicted molar refractivity (Wildman–Crippen MR) is 88.5 cm³/mol. The Morgan fingerprint density at radius 3 is 2.83 bits per heavy atom. The zero-order valence-electron chi connectivity index (χ0n) is 12.6. The fourth-order valence-electron chi connectivity index (χ4n) is 3.12. The number of halogens is 1. The summed E-state index contributed by atoms with van der Waals surface area (Å²) in [6.45, 7) is 1.25. The lowest BCUT2D eigenvalue weighted by Gasteiger charge is -2.16. The van der Waals surface area contributed by atoms with Crippen LogP contribution in [0.4, 0.5) is 0 Å². The summed E-state index contributed by atoms with van der Waals surface area (Å²) < 4.78 is 0. The maximum Gasteiger partial charge on any atom is 0.270 e. The topological polar surface area (TPSA) is 65.2 Å². The molecule has 2 heterocycles. The molecule has 4 rings (SSSR count). The van der Waals surface area contributed by atoms with Crippen LogP contribution in [0.5, 0.6) is 0 Å². The van der Waals surface area contributed by atoms with Gasteiger partial charge in [0.05, 0.1) is 0 Å². The molecule has 0 spiro atoms.